The minimum absolute atomic E-state index is 0.0702. The Morgan fingerprint density at radius 3 is 2.24 bits per heavy atom. The second-order valence-corrected chi connectivity index (χ2v) is 4.65. The third kappa shape index (κ3) is 8.78. The van der Waals surface area contributed by atoms with Gasteiger partial charge in [0.1, 0.15) is 6.54 Å². The second kappa shape index (κ2) is 10.2. The maximum absolute atomic E-state index is 11.3. The fraction of sp³-hybridized carbons (Fsp3) is 0.786. The summed E-state index contributed by atoms with van der Waals surface area (Å²) in [5.74, 6) is 0.0702. The molecular formula is C14H24N2O. The molecule has 0 saturated heterocycles. The molecule has 0 aromatic carbocycles. The summed E-state index contributed by atoms with van der Waals surface area (Å²) in [7, 11) is 0. The van der Waals surface area contributed by atoms with Gasteiger partial charge in [0, 0.05) is 0 Å². The van der Waals surface area contributed by atoms with Gasteiger partial charge in [0.25, 0.3) is 0 Å². The van der Waals surface area contributed by atoms with Crippen LogP contribution in [0.15, 0.2) is 22.4 Å². The summed E-state index contributed by atoms with van der Waals surface area (Å²) in [5, 5.41) is 7.93. The van der Waals surface area contributed by atoms with E-state index >= 15 is 0 Å². The van der Waals surface area contributed by atoms with Crippen molar-refractivity contribution in [3.05, 3.63) is 12.2 Å². The lowest BCUT2D eigenvalue weighted by molar-refractivity contribution is -0.113. The Hall–Kier alpha value is -0.990. The fourth-order valence-electron chi connectivity index (χ4n) is 1.96. The molecule has 96 valence electrons. The van der Waals surface area contributed by atoms with Crippen LogP contribution in [0.1, 0.15) is 57.8 Å². The van der Waals surface area contributed by atoms with E-state index in [0.717, 1.165) is 19.4 Å². The van der Waals surface area contributed by atoms with Gasteiger partial charge < -0.3 is 0 Å². The van der Waals surface area contributed by atoms with E-state index < -0.39 is 0 Å². The summed E-state index contributed by atoms with van der Waals surface area (Å²) < 4.78 is 0. The normalized spacial score (nSPS) is 21.5. The third-order valence-electron chi connectivity index (χ3n) is 3.01. The van der Waals surface area contributed by atoms with Crippen molar-refractivity contribution in [2.24, 2.45) is 10.2 Å². The van der Waals surface area contributed by atoms with E-state index in [2.05, 4.69) is 10.2 Å². The van der Waals surface area contributed by atoms with E-state index in [0.29, 0.717) is 0 Å². The van der Waals surface area contributed by atoms with Crippen molar-refractivity contribution in [2.75, 3.05) is 13.1 Å². The van der Waals surface area contributed by atoms with E-state index in [1.165, 1.54) is 44.9 Å². The van der Waals surface area contributed by atoms with E-state index in [1.54, 1.807) is 6.08 Å². The van der Waals surface area contributed by atoms with Crippen LogP contribution in [0, 0.1) is 0 Å². The molecule has 0 radical (unpaired) electrons. The minimum Gasteiger partial charge on any atom is -0.293 e. The quantitative estimate of drug-likeness (QED) is 0.624. The number of carbonyl (C=O) groups excluding carboxylic acids is 1. The molecule has 3 nitrogen and oxygen atoms in total. The predicted octanol–water partition coefficient (Wildman–Crippen LogP) is 4.09. The molecule has 0 amide bonds. The maximum atomic E-state index is 11.3. The first-order valence-corrected chi connectivity index (χ1v) is 6.92. The molecule has 0 bridgehead atoms. The van der Waals surface area contributed by atoms with Crippen LogP contribution < -0.4 is 0 Å². The van der Waals surface area contributed by atoms with Crippen LogP contribution in [0.2, 0.25) is 0 Å². The average Bonchev–Trinajstić information content (AvgIpc) is 2.32. The number of nitrogens with zero attached hydrogens (tertiary/aromatic N) is 2. The van der Waals surface area contributed by atoms with Crippen LogP contribution in [0.4, 0.5) is 0 Å². The van der Waals surface area contributed by atoms with E-state index in [-0.39, 0.29) is 12.3 Å². The summed E-state index contributed by atoms with van der Waals surface area (Å²) in [6, 6.07) is 0. The van der Waals surface area contributed by atoms with Gasteiger partial charge in [-0.2, -0.15) is 10.2 Å². The van der Waals surface area contributed by atoms with Crippen LogP contribution in [-0.2, 0) is 4.79 Å². The SMILES string of the molecule is O=C1C=CCCCCCCCCCCN=NC1. The van der Waals surface area contributed by atoms with Gasteiger partial charge in [0.05, 0.1) is 6.54 Å². The molecule has 1 aliphatic heterocycles. The van der Waals surface area contributed by atoms with Crippen LogP contribution in [0.5, 0.6) is 0 Å². The highest BCUT2D eigenvalue weighted by Gasteiger charge is 1.95. The van der Waals surface area contributed by atoms with Gasteiger partial charge in [-0.1, -0.05) is 44.6 Å². The fourth-order valence-corrected chi connectivity index (χ4v) is 1.96. The van der Waals surface area contributed by atoms with Crippen LogP contribution in [0.3, 0.4) is 0 Å². The standard InChI is InChI=1S/C14H24N2O/c17-14-11-9-7-5-3-1-2-4-6-8-10-12-15-16-13-14/h9,11H,1-8,10,12-13H2. The zero-order chi connectivity index (χ0) is 12.2. The summed E-state index contributed by atoms with van der Waals surface area (Å²) in [4.78, 5) is 11.3. The Morgan fingerprint density at radius 1 is 0.824 bits per heavy atom. The first-order chi connectivity index (χ1) is 8.39. The summed E-state index contributed by atoms with van der Waals surface area (Å²) in [6.07, 6.45) is 14.8. The molecule has 1 aliphatic rings. The number of ketones is 1. The highest BCUT2D eigenvalue weighted by atomic mass is 16.1. The molecule has 1 rings (SSSR count). The zero-order valence-corrected chi connectivity index (χ0v) is 10.7. The van der Waals surface area contributed by atoms with Gasteiger partial charge >= 0.3 is 0 Å². The molecule has 0 aliphatic carbocycles. The first kappa shape index (κ1) is 14.1. The van der Waals surface area contributed by atoms with Gasteiger partial charge in [-0.25, -0.2) is 0 Å². The number of hydrogen-bond donors (Lipinski definition) is 0. The van der Waals surface area contributed by atoms with E-state index in [4.69, 9.17) is 0 Å². The smallest absolute Gasteiger partial charge is 0.178 e. The van der Waals surface area contributed by atoms with Gasteiger partial charge in [-0.3, -0.25) is 4.79 Å². The Morgan fingerprint density at radius 2 is 1.47 bits per heavy atom. The summed E-state index contributed by atoms with van der Waals surface area (Å²) in [5.41, 5.74) is 0. The molecule has 0 aromatic rings. The molecule has 0 N–H and O–H groups in total. The van der Waals surface area contributed by atoms with Crippen molar-refractivity contribution in [2.45, 2.75) is 57.8 Å². The lowest BCUT2D eigenvalue weighted by Crippen LogP contribution is -1.97. The number of rotatable bonds is 0. The molecule has 0 aromatic heterocycles. The molecule has 1 heterocycles. The Balaban J connectivity index is 2.27. The van der Waals surface area contributed by atoms with Crippen molar-refractivity contribution < 1.29 is 4.79 Å². The highest BCUT2D eigenvalue weighted by molar-refractivity contribution is 5.91. The molecule has 17 heavy (non-hydrogen) atoms. The van der Waals surface area contributed by atoms with Gasteiger partial charge in [-0.15, -0.1) is 0 Å². The number of azo groups is 1. The van der Waals surface area contributed by atoms with Gasteiger partial charge in [-0.05, 0) is 25.3 Å². The van der Waals surface area contributed by atoms with Crippen molar-refractivity contribution in [3.63, 3.8) is 0 Å². The minimum atomic E-state index is 0.0702. The topological polar surface area (TPSA) is 41.8 Å². The molecule has 0 unspecified atom stereocenters. The Labute approximate surface area is 104 Å². The number of carbonyl (C=O) groups is 1. The van der Waals surface area contributed by atoms with Crippen molar-refractivity contribution in [3.8, 4) is 0 Å². The van der Waals surface area contributed by atoms with Gasteiger partial charge in [0.2, 0.25) is 0 Å². The largest absolute Gasteiger partial charge is 0.293 e. The summed E-state index contributed by atoms with van der Waals surface area (Å²) >= 11 is 0. The molecular weight excluding hydrogens is 212 g/mol. The molecule has 0 atom stereocenters. The van der Waals surface area contributed by atoms with E-state index in [1.807, 2.05) is 6.08 Å². The summed E-state index contributed by atoms with van der Waals surface area (Å²) in [6.45, 7) is 0.994. The monoisotopic (exact) mass is 236 g/mol. The Kier molecular flexibility index (Phi) is 8.43. The van der Waals surface area contributed by atoms with E-state index in [9.17, 15) is 4.79 Å². The third-order valence-corrected chi connectivity index (χ3v) is 3.01. The Bertz CT molecular complexity index is 259. The molecule has 3 heteroatoms. The maximum Gasteiger partial charge on any atom is 0.178 e. The van der Waals surface area contributed by atoms with Crippen molar-refractivity contribution >= 4 is 5.78 Å². The number of allylic oxidation sites excluding steroid dienone is 1. The first-order valence-electron chi connectivity index (χ1n) is 6.92. The van der Waals surface area contributed by atoms with Gasteiger partial charge in [0.15, 0.2) is 5.78 Å². The predicted molar refractivity (Wildman–Crippen MR) is 70.3 cm³/mol. The molecule has 0 spiro atoms. The lowest BCUT2D eigenvalue weighted by atomic mass is 10.1. The van der Waals surface area contributed by atoms with Crippen LogP contribution in [-0.4, -0.2) is 18.9 Å². The van der Waals surface area contributed by atoms with Crippen LogP contribution >= 0.6 is 0 Å². The zero-order valence-electron chi connectivity index (χ0n) is 10.7. The van der Waals surface area contributed by atoms with Crippen molar-refractivity contribution in [1.82, 2.24) is 0 Å². The lowest BCUT2D eigenvalue weighted by Gasteiger charge is -2.01. The second-order valence-electron chi connectivity index (χ2n) is 4.65. The van der Waals surface area contributed by atoms with Crippen LogP contribution in [0.25, 0.3) is 0 Å². The number of hydrogen-bond acceptors (Lipinski definition) is 3. The average molecular weight is 236 g/mol. The highest BCUT2D eigenvalue weighted by Crippen LogP contribution is 2.10. The molecule has 0 saturated carbocycles. The molecule has 0 fully saturated rings. The van der Waals surface area contributed by atoms with Crippen molar-refractivity contribution in [1.29, 1.82) is 0 Å².